The van der Waals surface area contributed by atoms with Gasteiger partial charge in [-0.3, -0.25) is 0 Å². The summed E-state index contributed by atoms with van der Waals surface area (Å²) in [6, 6.07) is 3.89. The monoisotopic (exact) mass is 268 g/mol. The van der Waals surface area contributed by atoms with Crippen LogP contribution in [0.2, 0.25) is 0 Å². The Morgan fingerprint density at radius 1 is 1.05 bits per heavy atom. The van der Waals surface area contributed by atoms with E-state index in [0.717, 1.165) is 29.1 Å². The van der Waals surface area contributed by atoms with Crippen LogP contribution in [0, 0.1) is 31.3 Å². The van der Waals surface area contributed by atoms with E-state index >= 15 is 0 Å². The maximum Gasteiger partial charge on any atom is 0.194 e. The molecule has 0 amide bonds. The molecule has 2 rings (SSSR count). The quantitative estimate of drug-likeness (QED) is 0.840. The standard InChI is InChI=1S/C14H15F3N2/c1-8-4-10(9(2)19(8)3)7-18-11-5-12(15)14(17)13(16)6-11/h4-6,18H,7H2,1-3H3. The summed E-state index contributed by atoms with van der Waals surface area (Å²) in [4.78, 5) is 0. The van der Waals surface area contributed by atoms with Crippen molar-refractivity contribution in [3.63, 3.8) is 0 Å². The summed E-state index contributed by atoms with van der Waals surface area (Å²) < 4.78 is 41.0. The minimum atomic E-state index is -1.45. The summed E-state index contributed by atoms with van der Waals surface area (Å²) >= 11 is 0. The molecule has 0 unspecified atom stereocenters. The number of nitrogens with zero attached hydrogens (tertiary/aromatic N) is 1. The summed E-state index contributed by atoms with van der Waals surface area (Å²) in [5.41, 5.74) is 3.43. The zero-order valence-electron chi connectivity index (χ0n) is 11.0. The summed E-state index contributed by atoms with van der Waals surface area (Å²) in [7, 11) is 1.95. The Labute approximate surface area is 109 Å². The number of aromatic nitrogens is 1. The van der Waals surface area contributed by atoms with Gasteiger partial charge in [0.1, 0.15) is 0 Å². The Morgan fingerprint density at radius 2 is 1.63 bits per heavy atom. The van der Waals surface area contributed by atoms with E-state index in [-0.39, 0.29) is 5.69 Å². The predicted molar refractivity (Wildman–Crippen MR) is 68.5 cm³/mol. The van der Waals surface area contributed by atoms with Crippen molar-refractivity contribution in [1.82, 2.24) is 4.57 Å². The molecule has 0 saturated heterocycles. The lowest BCUT2D eigenvalue weighted by Crippen LogP contribution is -2.03. The van der Waals surface area contributed by atoms with Gasteiger partial charge in [-0.05, 0) is 25.5 Å². The van der Waals surface area contributed by atoms with E-state index in [9.17, 15) is 13.2 Å². The zero-order valence-corrected chi connectivity index (χ0v) is 11.0. The first-order valence-corrected chi connectivity index (χ1v) is 5.90. The van der Waals surface area contributed by atoms with Gasteiger partial charge in [0, 0.05) is 42.8 Å². The SMILES string of the molecule is Cc1cc(CNc2cc(F)c(F)c(F)c2)c(C)n1C. The van der Waals surface area contributed by atoms with E-state index in [1.165, 1.54) is 0 Å². The Balaban J connectivity index is 2.17. The minimum Gasteiger partial charge on any atom is -0.381 e. The molecule has 2 nitrogen and oxygen atoms in total. The normalized spacial score (nSPS) is 10.8. The first kappa shape index (κ1) is 13.5. The molecule has 0 bridgehead atoms. The molecule has 0 radical (unpaired) electrons. The number of anilines is 1. The Kier molecular flexibility index (Phi) is 3.55. The molecular formula is C14H15F3N2. The number of hydrogen-bond acceptors (Lipinski definition) is 1. The fraction of sp³-hybridized carbons (Fsp3) is 0.286. The number of aryl methyl sites for hydroxylation is 1. The van der Waals surface area contributed by atoms with Gasteiger partial charge in [0.25, 0.3) is 0 Å². The van der Waals surface area contributed by atoms with Gasteiger partial charge in [-0.2, -0.15) is 0 Å². The molecule has 1 heterocycles. The van der Waals surface area contributed by atoms with Crippen LogP contribution in [0.4, 0.5) is 18.9 Å². The van der Waals surface area contributed by atoms with Crippen LogP contribution < -0.4 is 5.32 Å². The zero-order chi connectivity index (χ0) is 14.2. The minimum absolute atomic E-state index is 0.220. The van der Waals surface area contributed by atoms with Gasteiger partial charge in [-0.25, -0.2) is 13.2 Å². The van der Waals surface area contributed by atoms with E-state index in [1.807, 2.05) is 31.5 Å². The van der Waals surface area contributed by atoms with Crippen molar-refractivity contribution >= 4 is 5.69 Å². The first-order chi connectivity index (χ1) is 8.90. The van der Waals surface area contributed by atoms with E-state index in [1.54, 1.807) is 0 Å². The average molecular weight is 268 g/mol. The molecule has 2 aromatic rings. The van der Waals surface area contributed by atoms with Crippen LogP contribution in [0.1, 0.15) is 17.0 Å². The van der Waals surface area contributed by atoms with Gasteiger partial charge in [0.2, 0.25) is 0 Å². The second kappa shape index (κ2) is 4.99. The Morgan fingerprint density at radius 3 is 2.11 bits per heavy atom. The van der Waals surface area contributed by atoms with Crippen LogP contribution in [-0.2, 0) is 13.6 Å². The van der Waals surface area contributed by atoms with Crippen LogP contribution >= 0.6 is 0 Å². The molecule has 102 valence electrons. The number of halogens is 3. The smallest absolute Gasteiger partial charge is 0.194 e. The van der Waals surface area contributed by atoms with E-state index in [4.69, 9.17) is 0 Å². The molecule has 1 aromatic carbocycles. The predicted octanol–water partition coefficient (Wildman–Crippen LogP) is 3.67. The molecule has 0 saturated carbocycles. The van der Waals surface area contributed by atoms with Gasteiger partial charge in [-0.15, -0.1) is 0 Å². The lowest BCUT2D eigenvalue weighted by molar-refractivity contribution is 0.447. The van der Waals surface area contributed by atoms with Crippen molar-refractivity contribution in [2.45, 2.75) is 20.4 Å². The lowest BCUT2D eigenvalue weighted by Gasteiger charge is -2.08. The highest BCUT2D eigenvalue weighted by atomic mass is 19.2. The van der Waals surface area contributed by atoms with E-state index in [2.05, 4.69) is 5.32 Å². The highest BCUT2D eigenvalue weighted by molar-refractivity contribution is 5.45. The largest absolute Gasteiger partial charge is 0.381 e. The fourth-order valence-corrected chi connectivity index (χ4v) is 1.97. The van der Waals surface area contributed by atoms with Gasteiger partial charge in [0.15, 0.2) is 17.5 Å². The third kappa shape index (κ3) is 2.59. The van der Waals surface area contributed by atoms with Crippen molar-refractivity contribution in [2.75, 3.05) is 5.32 Å². The molecule has 1 aromatic heterocycles. The molecule has 0 aliphatic rings. The maximum absolute atomic E-state index is 13.1. The molecular weight excluding hydrogens is 253 g/mol. The number of nitrogens with one attached hydrogen (secondary N) is 1. The third-order valence-corrected chi connectivity index (χ3v) is 3.35. The molecule has 0 fully saturated rings. The van der Waals surface area contributed by atoms with Crippen molar-refractivity contribution in [1.29, 1.82) is 0 Å². The maximum atomic E-state index is 13.1. The third-order valence-electron chi connectivity index (χ3n) is 3.35. The highest BCUT2D eigenvalue weighted by Crippen LogP contribution is 2.19. The van der Waals surface area contributed by atoms with Gasteiger partial charge >= 0.3 is 0 Å². The van der Waals surface area contributed by atoms with Crippen LogP contribution in [0.15, 0.2) is 18.2 Å². The summed E-state index contributed by atoms with van der Waals surface area (Å²) in [5.74, 6) is -3.83. The Bertz CT molecular complexity index is 594. The van der Waals surface area contributed by atoms with Gasteiger partial charge in [0.05, 0.1) is 0 Å². The molecule has 0 aliphatic heterocycles. The summed E-state index contributed by atoms with van der Waals surface area (Å²) in [5, 5.41) is 2.89. The van der Waals surface area contributed by atoms with Crippen LogP contribution in [-0.4, -0.2) is 4.57 Å². The highest BCUT2D eigenvalue weighted by Gasteiger charge is 2.11. The van der Waals surface area contributed by atoms with Crippen molar-refractivity contribution in [2.24, 2.45) is 7.05 Å². The van der Waals surface area contributed by atoms with Crippen LogP contribution in [0.5, 0.6) is 0 Å². The van der Waals surface area contributed by atoms with Gasteiger partial charge in [-0.1, -0.05) is 0 Å². The fourth-order valence-electron chi connectivity index (χ4n) is 1.97. The second-order valence-corrected chi connectivity index (χ2v) is 4.56. The number of rotatable bonds is 3. The molecule has 0 aliphatic carbocycles. The average Bonchev–Trinajstić information content (AvgIpc) is 2.61. The van der Waals surface area contributed by atoms with Crippen LogP contribution in [0.25, 0.3) is 0 Å². The van der Waals surface area contributed by atoms with E-state index < -0.39 is 17.5 Å². The van der Waals surface area contributed by atoms with Crippen molar-refractivity contribution in [3.05, 3.63) is 52.6 Å². The number of hydrogen-bond donors (Lipinski definition) is 1. The van der Waals surface area contributed by atoms with Crippen molar-refractivity contribution in [3.8, 4) is 0 Å². The first-order valence-electron chi connectivity index (χ1n) is 5.90. The van der Waals surface area contributed by atoms with Crippen LogP contribution in [0.3, 0.4) is 0 Å². The topological polar surface area (TPSA) is 17.0 Å². The summed E-state index contributed by atoms with van der Waals surface area (Å²) in [6.07, 6.45) is 0. The Hall–Kier alpha value is -1.91. The molecule has 5 heteroatoms. The summed E-state index contributed by atoms with van der Waals surface area (Å²) in [6.45, 7) is 4.38. The van der Waals surface area contributed by atoms with Gasteiger partial charge < -0.3 is 9.88 Å². The lowest BCUT2D eigenvalue weighted by atomic mass is 10.2. The molecule has 1 N–H and O–H groups in total. The second-order valence-electron chi connectivity index (χ2n) is 4.56. The number of benzene rings is 1. The molecule has 0 atom stereocenters. The molecule has 0 spiro atoms. The van der Waals surface area contributed by atoms with E-state index in [0.29, 0.717) is 6.54 Å². The van der Waals surface area contributed by atoms with Crippen molar-refractivity contribution < 1.29 is 13.2 Å². The molecule has 19 heavy (non-hydrogen) atoms.